The van der Waals surface area contributed by atoms with Crippen molar-refractivity contribution in [1.82, 2.24) is 5.32 Å². The summed E-state index contributed by atoms with van der Waals surface area (Å²) in [5.41, 5.74) is 0. The first-order valence-electron chi connectivity index (χ1n) is 8.35. The molecule has 0 bridgehead atoms. The van der Waals surface area contributed by atoms with E-state index in [1.807, 2.05) is 24.3 Å². The molecule has 1 aliphatic rings. The summed E-state index contributed by atoms with van der Waals surface area (Å²) in [4.78, 5) is 11.9. The Balaban J connectivity index is 1.33. The maximum atomic E-state index is 11.9. The van der Waals surface area contributed by atoms with Crippen LogP contribution in [0.2, 0.25) is 10.0 Å². The molecule has 0 fully saturated rings. The number of para-hydroxylation sites is 2. The molecule has 1 aliphatic heterocycles. The molecule has 138 valence electrons. The predicted molar refractivity (Wildman–Crippen MR) is 101 cm³/mol. The molecule has 0 saturated heterocycles. The van der Waals surface area contributed by atoms with Gasteiger partial charge in [0.05, 0.1) is 18.2 Å². The quantitative estimate of drug-likeness (QED) is 0.716. The summed E-state index contributed by atoms with van der Waals surface area (Å²) in [6.45, 7) is 1.21. The number of carbonyl (C=O) groups excluding carboxylic acids is 1. The van der Waals surface area contributed by atoms with Gasteiger partial charge in [-0.2, -0.15) is 0 Å². The highest BCUT2D eigenvalue weighted by Crippen LogP contribution is 2.30. The number of hydrogen-bond donors (Lipinski definition) is 1. The van der Waals surface area contributed by atoms with Gasteiger partial charge in [-0.3, -0.25) is 4.79 Å². The Hall–Kier alpha value is -2.11. The Labute approximate surface area is 162 Å². The zero-order chi connectivity index (χ0) is 18.4. The van der Waals surface area contributed by atoms with Gasteiger partial charge in [-0.1, -0.05) is 35.3 Å². The van der Waals surface area contributed by atoms with Crippen LogP contribution in [0.25, 0.3) is 0 Å². The number of fused-ring (bicyclic) bond motifs is 1. The minimum absolute atomic E-state index is 0.0572. The van der Waals surface area contributed by atoms with Gasteiger partial charge in [0, 0.05) is 11.4 Å². The van der Waals surface area contributed by atoms with E-state index in [1.165, 1.54) is 0 Å². The molecule has 0 aliphatic carbocycles. The van der Waals surface area contributed by atoms with Gasteiger partial charge in [-0.15, -0.1) is 0 Å². The molecular weight excluding hydrogens is 377 g/mol. The van der Waals surface area contributed by atoms with Crippen LogP contribution < -0.4 is 19.5 Å². The Morgan fingerprint density at radius 2 is 2.00 bits per heavy atom. The lowest BCUT2D eigenvalue weighted by Gasteiger charge is -2.26. The topological polar surface area (TPSA) is 56.8 Å². The lowest BCUT2D eigenvalue weighted by Crippen LogP contribution is -2.40. The minimum Gasteiger partial charge on any atom is -0.492 e. The number of nitrogens with one attached hydrogen (secondary N) is 1. The molecule has 1 unspecified atom stereocenters. The first kappa shape index (κ1) is 18.7. The van der Waals surface area contributed by atoms with Crippen molar-refractivity contribution in [3.8, 4) is 17.2 Å². The minimum atomic E-state index is -0.196. The maximum Gasteiger partial charge on any atom is 0.220 e. The first-order chi connectivity index (χ1) is 12.6. The van der Waals surface area contributed by atoms with Crippen LogP contribution in [0.4, 0.5) is 0 Å². The highest BCUT2D eigenvalue weighted by molar-refractivity contribution is 6.35. The summed E-state index contributed by atoms with van der Waals surface area (Å²) in [7, 11) is 0. The van der Waals surface area contributed by atoms with Crippen molar-refractivity contribution in [2.24, 2.45) is 0 Å². The fraction of sp³-hybridized carbons (Fsp3) is 0.316. The Kier molecular flexibility index (Phi) is 6.47. The van der Waals surface area contributed by atoms with Crippen LogP contribution in [0, 0.1) is 0 Å². The van der Waals surface area contributed by atoms with E-state index >= 15 is 0 Å². The summed E-state index contributed by atoms with van der Waals surface area (Å²) in [6.07, 6.45) is 0.739. The molecule has 1 atom stereocenters. The summed E-state index contributed by atoms with van der Waals surface area (Å²) < 4.78 is 17.0. The number of ether oxygens (including phenoxy) is 3. The molecular formula is C19H19Cl2NO4. The second kappa shape index (κ2) is 9.01. The van der Waals surface area contributed by atoms with Crippen molar-refractivity contribution < 1.29 is 19.0 Å². The number of halogens is 2. The summed E-state index contributed by atoms with van der Waals surface area (Å²) in [6, 6.07) is 12.5. The standard InChI is InChI=1S/C19H19Cl2NO4/c20-13-7-8-16(15(21)10-13)24-9-3-6-19(23)22-11-14-12-25-17-4-1-2-5-18(17)26-14/h1-2,4-5,7-8,10,14H,3,6,9,11-12H2,(H,22,23). The number of carbonyl (C=O) groups is 1. The van der Waals surface area contributed by atoms with Gasteiger partial charge in [-0.25, -0.2) is 0 Å². The summed E-state index contributed by atoms with van der Waals surface area (Å²) in [5, 5.41) is 3.87. The highest BCUT2D eigenvalue weighted by atomic mass is 35.5. The van der Waals surface area contributed by atoms with E-state index in [9.17, 15) is 4.79 Å². The molecule has 0 saturated carbocycles. The van der Waals surface area contributed by atoms with E-state index in [0.717, 1.165) is 5.75 Å². The van der Waals surface area contributed by atoms with E-state index in [1.54, 1.807) is 18.2 Å². The van der Waals surface area contributed by atoms with Crippen LogP contribution in [0.1, 0.15) is 12.8 Å². The summed E-state index contributed by atoms with van der Waals surface area (Å²) >= 11 is 11.9. The van der Waals surface area contributed by atoms with Gasteiger partial charge < -0.3 is 19.5 Å². The molecule has 2 aromatic rings. The van der Waals surface area contributed by atoms with Gasteiger partial charge in [0.25, 0.3) is 0 Å². The molecule has 2 aromatic carbocycles. The van der Waals surface area contributed by atoms with Crippen LogP contribution in [0.5, 0.6) is 17.2 Å². The van der Waals surface area contributed by atoms with Crippen LogP contribution in [0.15, 0.2) is 42.5 Å². The van der Waals surface area contributed by atoms with E-state index < -0.39 is 0 Å². The average molecular weight is 396 g/mol. The van der Waals surface area contributed by atoms with Crippen LogP contribution in [-0.2, 0) is 4.79 Å². The van der Waals surface area contributed by atoms with Crippen molar-refractivity contribution in [1.29, 1.82) is 0 Å². The lowest BCUT2D eigenvalue weighted by molar-refractivity contribution is -0.121. The molecule has 1 N–H and O–H groups in total. The van der Waals surface area contributed by atoms with Crippen LogP contribution in [-0.4, -0.2) is 31.8 Å². The SMILES string of the molecule is O=C(CCCOc1ccc(Cl)cc1Cl)NCC1COc2ccccc2O1. The second-order valence-electron chi connectivity index (χ2n) is 5.83. The van der Waals surface area contributed by atoms with E-state index in [4.69, 9.17) is 37.4 Å². The Morgan fingerprint density at radius 1 is 1.19 bits per heavy atom. The van der Waals surface area contributed by atoms with Crippen molar-refractivity contribution in [2.75, 3.05) is 19.8 Å². The fourth-order valence-electron chi connectivity index (χ4n) is 2.49. The van der Waals surface area contributed by atoms with E-state index in [0.29, 0.717) is 54.1 Å². The molecule has 7 heteroatoms. The van der Waals surface area contributed by atoms with E-state index in [2.05, 4.69) is 5.32 Å². The van der Waals surface area contributed by atoms with Crippen molar-refractivity contribution >= 4 is 29.1 Å². The fourth-order valence-corrected chi connectivity index (χ4v) is 2.95. The van der Waals surface area contributed by atoms with Gasteiger partial charge in [0.15, 0.2) is 11.5 Å². The molecule has 0 radical (unpaired) electrons. The van der Waals surface area contributed by atoms with Gasteiger partial charge >= 0.3 is 0 Å². The largest absolute Gasteiger partial charge is 0.492 e. The van der Waals surface area contributed by atoms with Crippen molar-refractivity contribution in [3.05, 3.63) is 52.5 Å². The number of amides is 1. The van der Waals surface area contributed by atoms with Gasteiger partial charge in [0.1, 0.15) is 18.5 Å². The Bertz CT molecular complexity index is 769. The lowest BCUT2D eigenvalue weighted by atomic mass is 10.2. The molecule has 0 aromatic heterocycles. The van der Waals surface area contributed by atoms with Gasteiger partial charge in [0.2, 0.25) is 5.91 Å². The second-order valence-corrected chi connectivity index (χ2v) is 6.67. The first-order valence-corrected chi connectivity index (χ1v) is 9.10. The van der Waals surface area contributed by atoms with E-state index in [-0.39, 0.29) is 12.0 Å². The molecule has 1 heterocycles. The Morgan fingerprint density at radius 3 is 2.81 bits per heavy atom. The third kappa shape index (κ3) is 5.19. The monoisotopic (exact) mass is 395 g/mol. The highest BCUT2D eigenvalue weighted by Gasteiger charge is 2.20. The van der Waals surface area contributed by atoms with Crippen LogP contribution in [0.3, 0.4) is 0 Å². The molecule has 3 rings (SSSR count). The molecule has 5 nitrogen and oxygen atoms in total. The molecule has 0 spiro atoms. The zero-order valence-corrected chi connectivity index (χ0v) is 15.6. The maximum absolute atomic E-state index is 11.9. The molecule has 26 heavy (non-hydrogen) atoms. The van der Waals surface area contributed by atoms with Gasteiger partial charge in [-0.05, 0) is 36.8 Å². The summed E-state index contributed by atoms with van der Waals surface area (Å²) in [5.74, 6) is 1.93. The van der Waals surface area contributed by atoms with Crippen molar-refractivity contribution in [2.45, 2.75) is 18.9 Å². The molecule has 1 amide bonds. The van der Waals surface area contributed by atoms with Crippen LogP contribution >= 0.6 is 23.2 Å². The number of hydrogen-bond acceptors (Lipinski definition) is 4. The third-order valence-corrected chi connectivity index (χ3v) is 4.32. The number of benzene rings is 2. The predicted octanol–water partition coefficient (Wildman–Crippen LogP) is 4.11. The average Bonchev–Trinajstić information content (AvgIpc) is 2.65. The third-order valence-electron chi connectivity index (χ3n) is 3.79. The number of rotatable bonds is 7. The smallest absolute Gasteiger partial charge is 0.220 e. The normalized spacial score (nSPS) is 15.4. The zero-order valence-electron chi connectivity index (χ0n) is 14.0. The van der Waals surface area contributed by atoms with Crippen molar-refractivity contribution in [3.63, 3.8) is 0 Å².